The highest BCUT2D eigenvalue weighted by Gasteiger charge is 2.15. The number of halogens is 1. The predicted molar refractivity (Wildman–Crippen MR) is 58.5 cm³/mol. The summed E-state index contributed by atoms with van der Waals surface area (Å²) in [6, 6.07) is 1.04. The van der Waals surface area contributed by atoms with Crippen molar-refractivity contribution >= 4 is 11.6 Å². The maximum absolute atomic E-state index is 5.67. The zero-order valence-corrected chi connectivity index (χ0v) is 9.97. The Morgan fingerprint density at radius 3 is 2.31 bits per heavy atom. The van der Waals surface area contributed by atoms with Gasteiger partial charge >= 0.3 is 0 Å². The first-order valence-electron chi connectivity index (χ1n) is 4.94. The van der Waals surface area contributed by atoms with Gasteiger partial charge in [-0.25, -0.2) is 0 Å². The normalized spacial score (nSPS) is 14.1. The third-order valence-electron chi connectivity index (χ3n) is 2.19. The van der Waals surface area contributed by atoms with Crippen LogP contribution in [0.15, 0.2) is 0 Å². The fourth-order valence-electron chi connectivity index (χ4n) is 1.57. The van der Waals surface area contributed by atoms with Crippen LogP contribution < -0.4 is 0 Å². The average Bonchev–Trinajstić information content (AvgIpc) is 2.05. The Bertz CT molecular complexity index is 119. The van der Waals surface area contributed by atoms with Crippen molar-refractivity contribution in [3.8, 4) is 0 Å². The highest BCUT2D eigenvalue weighted by Crippen LogP contribution is 2.07. The van der Waals surface area contributed by atoms with E-state index in [0.717, 1.165) is 25.5 Å². The van der Waals surface area contributed by atoms with Crippen molar-refractivity contribution in [2.24, 2.45) is 0 Å². The molecule has 2 nitrogen and oxygen atoms in total. The zero-order valence-electron chi connectivity index (χ0n) is 9.22. The number of hydrogen-bond donors (Lipinski definition) is 0. The number of nitrogens with zero attached hydrogens (tertiary/aromatic N) is 1. The van der Waals surface area contributed by atoms with Gasteiger partial charge in [-0.2, -0.15) is 0 Å². The molecule has 0 N–H and O–H groups in total. The van der Waals surface area contributed by atoms with Crippen LogP contribution in [0.5, 0.6) is 0 Å². The van der Waals surface area contributed by atoms with Crippen LogP contribution in [0.25, 0.3) is 0 Å². The fourth-order valence-corrected chi connectivity index (χ4v) is 1.69. The highest BCUT2D eigenvalue weighted by atomic mass is 35.5. The standard InChI is InChI=1S/C10H22ClNO/c1-9(2)12(7-5-6-11)10(3)8-13-4/h9-10H,5-8H2,1-4H3. The average molecular weight is 208 g/mol. The third-order valence-corrected chi connectivity index (χ3v) is 2.45. The van der Waals surface area contributed by atoms with Crippen molar-refractivity contribution < 1.29 is 4.74 Å². The Morgan fingerprint density at radius 1 is 1.31 bits per heavy atom. The van der Waals surface area contributed by atoms with Gasteiger partial charge in [0.05, 0.1) is 6.61 Å². The summed E-state index contributed by atoms with van der Waals surface area (Å²) in [7, 11) is 1.75. The van der Waals surface area contributed by atoms with Gasteiger partial charge in [0.2, 0.25) is 0 Å². The minimum atomic E-state index is 0.480. The van der Waals surface area contributed by atoms with Crippen LogP contribution >= 0.6 is 11.6 Å². The first-order valence-corrected chi connectivity index (χ1v) is 5.47. The van der Waals surface area contributed by atoms with Crippen molar-refractivity contribution in [3.05, 3.63) is 0 Å². The molecule has 0 aliphatic heterocycles. The summed E-state index contributed by atoms with van der Waals surface area (Å²) < 4.78 is 5.14. The SMILES string of the molecule is COCC(C)N(CCCCl)C(C)C. The molecular weight excluding hydrogens is 186 g/mol. The van der Waals surface area contributed by atoms with E-state index < -0.39 is 0 Å². The molecule has 0 rings (SSSR count). The van der Waals surface area contributed by atoms with Crippen molar-refractivity contribution in [1.29, 1.82) is 0 Å². The molecule has 0 amide bonds. The van der Waals surface area contributed by atoms with Gasteiger partial charge in [-0.1, -0.05) is 0 Å². The topological polar surface area (TPSA) is 12.5 Å². The van der Waals surface area contributed by atoms with Crippen LogP contribution in [-0.2, 0) is 4.74 Å². The lowest BCUT2D eigenvalue weighted by molar-refractivity contribution is 0.0796. The molecule has 0 spiro atoms. The number of alkyl halides is 1. The minimum absolute atomic E-state index is 0.480. The van der Waals surface area contributed by atoms with Crippen LogP contribution in [0.2, 0.25) is 0 Å². The number of rotatable bonds is 7. The van der Waals surface area contributed by atoms with Crippen molar-refractivity contribution in [1.82, 2.24) is 4.90 Å². The van der Waals surface area contributed by atoms with E-state index >= 15 is 0 Å². The molecule has 1 unspecified atom stereocenters. The highest BCUT2D eigenvalue weighted by molar-refractivity contribution is 6.17. The summed E-state index contributed by atoms with van der Waals surface area (Å²) in [4.78, 5) is 2.42. The number of hydrogen-bond acceptors (Lipinski definition) is 2. The van der Waals surface area contributed by atoms with Crippen LogP contribution in [0.3, 0.4) is 0 Å². The molecule has 0 heterocycles. The first kappa shape index (κ1) is 13.2. The number of ether oxygens (including phenoxy) is 1. The van der Waals surface area contributed by atoms with Crippen molar-refractivity contribution in [2.75, 3.05) is 26.1 Å². The quantitative estimate of drug-likeness (QED) is 0.595. The smallest absolute Gasteiger partial charge is 0.0615 e. The zero-order chi connectivity index (χ0) is 10.3. The Morgan fingerprint density at radius 2 is 1.92 bits per heavy atom. The van der Waals surface area contributed by atoms with Gasteiger partial charge < -0.3 is 4.74 Å². The summed E-state index contributed by atoms with van der Waals surface area (Å²) in [5.74, 6) is 0.739. The van der Waals surface area contributed by atoms with Crippen LogP contribution in [-0.4, -0.2) is 43.1 Å². The molecule has 0 radical (unpaired) electrons. The van der Waals surface area contributed by atoms with Crippen LogP contribution in [0.4, 0.5) is 0 Å². The molecule has 0 aromatic rings. The summed E-state index contributed by atoms with van der Waals surface area (Å²) in [6.07, 6.45) is 1.05. The second kappa shape index (κ2) is 7.60. The molecule has 80 valence electrons. The second-order valence-corrected chi connectivity index (χ2v) is 4.06. The lowest BCUT2D eigenvalue weighted by Crippen LogP contribution is -2.41. The summed E-state index contributed by atoms with van der Waals surface area (Å²) >= 11 is 5.67. The summed E-state index contributed by atoms with van der Waals surface area (Å²) in [5.41, 5.74) is 0. The van der Waals surface area contributed by atoms with E-state index in [2.05, 4.69) is 25.7 Å². The van der Waals surface area contributed by atoms with E-state index in [1.54, 1.807) is 7.11 Å². The molecule has 3 heteroatoms. The molecule has 0 aliphatic carbocycles. The van der Waals surface area contributed by atoms with Gasteiger partial charge in [-0.15, -0.1) is 11.6 Å². The number of methoxy groups -OCH3 is 1. The molecule has 0 saturated carbocycles. The lowest BCUT2D eigenvalue weighted by Gasteiger charge is -2.32. The monoisotopic (exact) mass is 207 g/mol. The maximum Gasteiger partial charge on any atom is 0.0615 e. The molecule has 0 saturated heterocycles. The van der Waals surface area contributed by atoms with Crippen LogP contribution in [0.1, 0.15) is 27.2 Å². The van der Waals surface area contributed by atoms with Gasteiger partial charge in [0, 0.05) is 25.1 Å². The molecular formula is C10H22ClNO. The van der Waals surface area contributed by atoms with Gasteiger partial charge in [-0.05, 0) is 33.7 Å². The van der Waals surface area contributed by atoms with Gasteiger partial charge in [0.1, 0.15) is 0 Å². The van der Waals surface area contributed by atoms with Crippen LogP contribution in [0, 0.1) is 0 Å². The predicted octanol–water partition coefficient (Wildman–Crippen LogP) is 2.36. The molecule has 13 heavy (non-hydrogen) atoms. The van der Waals surface area contributed by atoms with Gasteiger partial charge in [0.25, 0.3) is 0 Å². The van der Waals surface area contributed by atoms with E-state index in [-0.39, 0.29) is 0 Å². The van der Waals surface area contributed by atoms with Crippen molar-refractivity contribution in [3.63, 3.8) is 0 Å². The van der Waals surface area contributed by atoms with E-state index in [0.29, 0.717) is 12.1 Å². The molecule has 1 atom stereocenters. The van der Waals surface area contributed by atoms with Crippen molar-refractivity contribution in [2.45, 2.75) is 39.3 Å². The molecule has 0 aromatic carbocycles. The third kappa shape index (κ3) is 5.50. The van der Waals surface area contributed by atoms with E-state index in [9.17, 15) is 0 Å². The van der Waals surface area contributed by atoms with E-state index in [1.807, 2.05) is 0 Å². The largest absolute Gasteiger partial charge is 0.383 e. The second-order valence-electron chi connectivity index (χ2n) is 3.68. The van der Waals surface area contributed by atoms with E-state index in [1.165, 1.54) is 0 Å². The minimum Gasteiger partial charge on any atom is -0.383 e. The Kier molecular flexibility index (Phi) is 7.72. The van der Waals surface area contributed by atoms with Gasteiger partial charge in [0.15, 0.2) is 0 Å². The molecule has 0 aliphatic rings. The lowest BCUT2D eigenvalue weighted by atomic mass is 10.2. The Balaban J connectivity index is 3.91. The maximum atomic E-state index is 5.67. The van der Waals surface area contributed by atoms with Gasteiger partial charge in [-0.3, -0.25) is 4.90 Å². The van der Waals surface area contributed by atoms with E-state index in [4.69, 9.17) is 16.3 Å². The fraction of sp³-hybridized carbons (Fsp3) is 1.00. The molecule has 0 aromatic heterocycles. The summed E-state index contributed by atoms with van der Waals surface area (Å²) in [6.45, 7) is 8.46. The summed E-state index contributed by atoms with van der Waals surface area (Å²) in [5, 5.41) is 0. The Hall–Kier alpha value is 0.210. The molecule has 0 fully saturated rings. The first-order chi connectivity index (χ1) is 6.13. The Labute approximate surface area is 87.2 Å². The molecule has 0 bridgehead atoms.